The molecule has 0 unspecified atom stereocenters. The van der Waals surface area contributed by atoms with Gasteiger partial charge in [0.2, 0.25) is 0 Å². The highest BCUT2D eigenvalue weighted by Gasteiger charge is 2.09. The monoisotopic (exact) mass is 216 g/mol. The average Bonchev–Trinajstić information content (AvgIpc) is 2.30. The Hall–Kier alpha value is -1.96. The fourth-order valence-electron chi connectivity index (χ4n) is 1.56. The van der Waals surface area contributed by atoms with Crippen molar-refractivity contribution in [1.82, 2.24) is 0 Å². The summed E-state index contributed by atoms with van der Waals surface area (Å²) in [6.07, 6.45) is 1.68. The van der Waals surface area contributed by atoms with E-state index in [0.717, 1.165) is 5.56 Å². The maximum atomic E-state index is 13.5. The third-order valence-corrected chi connectivity index (χ3v) is 2.40. The SMILES string of the molecule is C=Cc1ccc(-c2c(F)cccc2F)cc1. The molecule has 0 spiro atoms. The van der Waals surface area contributed by atoms with Gasteiger partial charge in [-0.2, -0.15) is 0 Å². The second-order valence-electron chi connectivity index (χ2n) is 3.42. The van der Waals surface area contributed by atoms with Crippen molar-refractivity contribution in [2.24, 2.45) is 0 Å². The number of hydrogen-bond acceptors (Lipinski definition) is 0. The molecule has 0 amide bonds. The summed E-state index contributed by atoms with van der Waals surface area (Å²) >= 11 is 0. The molecule has 2 aromatic rings. The Balaban J connectivity index is 2.54. The van der Waals surface area contributed by atoms with Crippen LogP contribution in [0.2, 0.25) is 0 Å². The molecule has 16 heavy (non-hydrogen) atoms. The van der Waals surface area contributed by atoms with Crippen molar-refractivity contribution in [1.29, 1.82) is 0 Å². The van der Waals surface area contributed by atoms with E-state index in [1.54, 1.807) is 30.3 Å². The molecule has 0 aliphatic rings. The van der Waals surface area contributed by atoms with Crippen molar-refractivity contribution in [2.45, 2.75) is 0 Å². The molecule has 2 rings (SSSR count). The van der Waals surface area contributed by atoms with Gasteiger partial charge in [-0.3, -0.25) is 0 Å². The number of halogens is 2. The molecular weight excluding hydrogens is 206 g/mol. The largest absolute Gasteiger partial charge is 0.206 e. The molecule has 0 atom stereocenters. The number of rotatable bonds is 2. The van der Waals surface area contributed by atoms with E-state index in [1.165, 1.54) is 18.2 Å². The molecule has 0 N–H and O–H groups in total. The van der Waals surface area contributed by atoms with E-state index >= 15 is 0 Å². The molecule has 0 aliphatic carbocycles. The van der Waals surface area contributed by atoms with Crippen LogP contribution in [0.3, 0.4) is 0 Å². The van der Waals surface area contributed by atoms with Crippen LogP contribution in [-0.4, -0.2) is 0 Å². The van der Waals surface area contributed by atoms with Crippen LogP contribution in [0.1, 0.15) is 5.56 Å². The van der Waals surface area contributed by atoms with Crippen LogP contribution in [0.4, 0.5) is 8.78 Å². The van der Waals surface area contributed by atoms with Gasteiger partial charge in [0.15, 0.2) is 0 Å². The summed E-state index contributed by atoms with van der Waals surface area (Å²) in [4.78, 5) is 0. The lowest BCUT2D eigenvalue weighted by atomic mass is 10.0. The lowest BCUT2D eigenvalue weighted by Crippen LogP contribution is -1.89. The molecule has 2 heteroatoms. The molecule has 0 aliphatic heterocycles. The highest BCUT2D eigenvalue weighted by Crippen LogP contribution is 2.26. The van der Waals surface area contributed by atoms with Crippen molar-refractivity contribution < 1.29 is 8.78 Å². The maximum absolute atomic E-state index is 13.5. The van der Waals surface area contributed by atoms with Gasteiger partial charge in [-0.1, -0.05) is 43.0 Å². The minimum absolute atomic E-state index is 0.0121. The highest BCUT2D eigenvalue weighted by molar-refractivity contribution is 5.66. The van der Waals surface area contributed by atoms with Gasteiger partial charge >= 0.3 is 0 Å². The van der Waals surface area contributed by atoms with Crippen LogP contribution in [-0.2, 0) is 0 Å². The van der Waals surface area contributed by atoms with Crippen LogP contribution in [0.15, 0.2) is 49.0 Å². The molecule has 0 fully saturated rings. The standard InChI is InChI=1S/C14H10F2/c1-2-10-6-8-11(9-7-10)14-12(15)4-3-5-13(14)16/h2-9H,1H2. The highest BCUT2D eigenvalue weighted by atomic mass is 19.1. The predicted octanol–water partition coefficient (Wildman–Crippen LogP) is 4.27. The van der Waals surface area contributed by atoms with E-state index in [2.05, 4.69) is 6.58 Å². The van der Waals surface area contributed by atoms with Gasteiger partial charge in [0, 0.05) is 0 Å². The van der Waals surface area contributed by atoms with Crippen molar-refractivity contribution in [3.05, 3.63) is 66.2 Å². The van der Waals surface area contributed by atoms with Gasteiger partial charge < -0.3 is 0 Å². The maximum Gasteiger partial charge on any atom is 0.133 e. The Morgan fingerprint density at radius 3 is 1.94 bits per heavy atom. The zero-order valence-electron chi connectivity index (χ0n) is 8.58. The zero-order chi connectivity index (χ0) is 11.5. The van der Waals surface area contributed by atoms with Crippen LogP contribution in [0.25, 0.3) is 17.2 Å². The summed E-state index contributed by atoms with van der Waals surface area (Å²) in [6, 6.07) is 10.8. The van der Waals surface area contributed by atoms with Crippen LogP contribution in [0.5, 0.6) is 0 Å². The molecule has 0 saturated carbocycles. The van der Waals surface area contributed by atoms with Gasteiger partial charge in [-0.05, 0) is 23.3 Å². The molecular formula is C14H10F2. The lowest BCUT2D eigenvalue weighted by molar-refractivity contribution is 0.589. The Morgan fingerprint density at radius 2 is 1.44 bits per heavy atom. The average molecular weight is 216 g/mol. The van der Waals surface area contributed by atoms with E-state index in [1.807, 2.05) is 0 Å². The first-order valence-corrected chi connectivity index (χ1v) is 4.89. The Kier molecular flexibility index (Phi) is 2.82. The molecule has 0 saturated heterocycles. The second kappa shape index (κ2) is 4.27. The zero-order valence-corrected chi connectivity index (χ0v) is 8.58. The fraction of sp³-hybridized carbons (Fsp3) is 0. The summed E-state index contributed by atoms with van der Waals surface area (Å²) in [7, 11) is 0. The van der Waals surface area contributed by atoms with Crippen molar-refractivity contribution in [3.63, 3.8) is 0 Å². The van der Waals surface area contributed by atoms with Gasteiger partial charge in [0.25, 0.3) is 0 Å². The van der Waals surface area contributed by atoms with Crippen molar-refractivity contribution >= 4 is 6.08 Å². The second-order valence-corrected chi connectivity index (χ2v) is 3.42. The Bertz CT molecular complexity index is 493. The molecule has 0 radical (unpaired) electrons. The molecule has 0 bridgehead atoms. The number of hydrogen-bond donors (Lipinski definition) is 0. The molecule has 80 valence electrons. The minimum Gasteiger partial charge on any atom is -0.206 e. The van der Waals surface area contributed by atoms with Crippen LogP contribution >= 0.6 is 0 Å². The Morgan fingerprint density at radius 1 is 0.875 bits per heavy atom. The lowest BCUT2D eigenvalue weighted by Gasteiger charge is -2.05. The number of benzene rings is 2. The normalized spacial score (nSPS) is 10.1. The molecule has 0 nitrogen and oxygen atoms in total. The predicted molar refractivity (Wildman–Crippen MR) is 61.9 cm³/mol. The first-order valence-electron chi connectivity index (χ1n) is 4.89. The summed E-state index contributed by atoms with van der Waals surface area (Å²) in [5, 5.41) is 0. The summed E-state index contributed by atoms with van der Waals surface area (Å²) in [5.41, 5.74) is 1.46. The van der Waals surface area contributed by atoms with Gasteiger partial charge in [0.05, 0.1) is 5.56 Å². The molecule has 0 aromatic heterocycles. The van der Waals surface area contributed by atoms with Crippen LogP contribution in [0, 0.1) is 11.6 Å². The summed E-state index contributed by atoms with van der Waals surface area (Å²) < 4.78 is 26.9. The van der Waals surface area contributed by atoms with E-state index in [4.69, 9.17) is 0 Å². The van der Waals surface area contributed by atoms with Crippen LogP contribution < -0.4 is 0 Å². The first-order chi connectivity index (χ1) is 7.72. The van der Waals surface area contributed by atoms with Crippen molar-refractivity contribution in [2.75, 3.05) is 0 Å². The quantitative estimate of drug-likeness (QED) is 0.703. The Labute approximate surface area is 92.9 Å². The van der Waals surface area contributed by atoms with E-state index in [-0.39, 0.29) is 5.56 Å². The minimum atomic E-state index is -0.550. The van der Waals surface area contributed by atoms with Crippen molar-refractivity contribution in [3.8, 4) is 11.1 Å². The summed E-state index contributed by atoms with van der Waals surface area (Å²) in [6.45, 7) is 3.62. The van der Waals surface area contributed by atoms with Gasteiger partial charge in [0.1, 0.15) is 11.6 Å². The van der Waals surface area contributed by atoms with E-state index in [0.29, 0.717) is 5.56 Å². The van der Waals surface area contributed by atoms with Gasteiger partial charge in [-0.25, -0.2) is 8.78 Å². The van der Waals surface area contributed by atoms with E-state index < -0.39 is 11.6 Å². The smallest absolute Gasteiger partial charge is 0.133 e. The van der Waals surface area contributed by atoms with Gasteiger partial charge in [-0.15, -0.1) is 0 Å². The van der Waals surface area contributed by atoms with E-state index in [9.17, 15) is 8.78 Å². The third-order valence-electron chi connectivity index (χ3n) is 2.40. The molecule has 2 aromatic carbocycles. The first kappa shape index (κ1) is 10.6. The molecule has 0 heterocycles. The third kappa shape index (κ3) is 1.87. The topological polar surface area (TPSA) is 0 Å². The fourth-order valence-corrected chi connectivity index (χ4v) is 1.56. The summed E-state index contributed by atoms with van der Waals surface area (Å²) in [5.74, 6) is -1.10.